The van der Waals surface area contributed by atoms with Gasteiger partial charge in [0.1, 0.15) is 17.6 Å². The van der Waals surface area contributed by atoms with Crippen LogP contribution in [0.2, 0.25) is 0 Å². The molecule has 0 fully saturated rings. The number of ether oxygens (including phenoxy) is 1. The highest BCUT2D eigenvalue weighted by Crippen LogP contribution is 2.29. The first-order valence-corrected chi connectivity index (χ1v) is 5.85. The number of rotatable bonds is 3. The number of methoxy groups -OCH3 is 1. The number of nitrogens with one attached hydrogen (secondary N) is 1. The van der Waals surface area contributed by atoms with Crippen LogP contribution in [-0.4, -0.2) is 17.1 Å². The third-order valence-electron chi connectivity index (χ3n) is 2.19. The molecule has 0 saturated carbocycles. The Morgan fingerprint density at radius 1 is 1.33 bits per heavy atom. The molecule has 90 valence electrons. The van der Waals surface area contributed by atoms with Crippen LogP contribution in [0.4, 0.5) is 11.5 Å². The molecule has 0 unspecified atom stereocenters. The molecule has 0 spiro atoms. The first-order valence-electron chi connectivity index (χ1n) is 5.05. The van der Waals surface area contributed by atoms with Crippen LogP contribution < -0.4 is 10.1 Å². The predicted molar refractivity (Wildman–Crippen MR) is 70.7 cm³/mol. The summed E-state index contributed by atoms with van der Waals surface area (Å²) in [7, 11) is 1.60. The summed E-state index contributed by atoms with van der Waals surface area (Å²) in [6.07, 6.45) is 2.91. The quantitative estimate of drug-likeness (QED) is 0.944. The summed E-state index contributed by atoms with van der Waals surface area (Å²) in [5.41, 5.74) is 1.05. The minimum atomic E-state index is 0.279. The average molecular weight is 305 g/mol. The van der Waals surface area contributed by atoms with Crippen LogP contribution in [0, 0.1) is 11.3 Å². The van der Waals surface area contributed by atoms with Gasteiger partial charge in [0.15, 0.2) is 5.69 Å². The molecule has 18 heavy (non-hydrogen) atoms. The van der Waals surface area contributed by atoms with Gasteiger partial charge in [0.05, 0.1) is 25.2 Å². The zero-order valence-corrected chi connectivity index (χ0v) is 11.1. The van der Waals surface area contributed by atoms with Crippen LogP contribution in [-0.2, 0) is 0 Å². The number of hydrogen-bond acceptors (Lipinski definition) is 5. The summed E-state index contributed by atoms with van der Waals surface area (Å²) >= 11 is 3.39. The molecular weight excluding hydrogens is 296 g/mol. The van der Waals surface area contributed by atoms with Crippen LogP contribution in [0.3, 0.4) is 0 Å². The number of anilines is 2. The third-order valence-corrected chi connectivity index (χ3v) is 2.68. The van der Waals surface area contributed by atoms with Crippen LogP contribution >= 0.6 is 15.9 Å². The summed E-state index contributed by atoms with van der Waals surface area (Å²) < 4.78 is 6.16. The molecule has 1 aromatic carbocycles. The zero-order chi connectivity index (χ0) is 13.0. The summed E-state index contributed by atoms with van der Waals surface area (Å²) in [5.74, 6) is 1.25. The van der Waals surface area contributed by atoms with Gasteiger partial charge in [-0.1, -0.05) is 15.9 Å². The van der Waals surface area contributed by atoms with Gasteiger partial charge in [-0.25, -0.2) is 9.97 Å². The van der Waals surface area contributed by atoms with Crippen molar-refractivity contribution in [1.82, 2.24) is 9.97 Å². The van der Waals surface area contributed by atoms with Crippen molar-refractivity contribution in [2.24, 2.45) is 0 Å². The van der Waals surface area contributed by atoms with E-state index in [9.17, 15) is 0 Å². The summed E-state index contributed by atoms with van der Waals surface area (Å²) in [4.78, 5) is 8.02. The fourth-order valence-corrected chi connectivity index (χ4v) is 1.73. The normalized spacial score (nSPS) is 9.61. The van der Waals surface area contributed by atoms with E-state index in [4.69, 9.17) is 10.00 Å². The van der Waals surface area contributed by atoms with Gasteiger partial charge in [0.2, 0.25) is 0 Å². The predicted octanol–water partition coefficient (Wildman–Crippen LogP) is 2.86. The van der Waals surface area contributed by atoms with E-state index in [0.717, 1.165) is 10.2 Å². The molecule has 5 nitrogen and oxygen atoms in total. The van der Waals surface area contributed by atoms with Gasteiger partial charge in [-0.2, -0.15) is 5.26 Å². The topological polar surface area (TPSA) is 70.8 Å². The molecular formula is C12H9BrN4O. The van der Waals surface area contributed by atoms with E-state index in [1.165, 1.54) is 12.4 Å². The van der Waals surface area contributed by atoms with Gasteiger partial charge in [-0.3, -0.25) is 0 Å². The molecule has 6 heteroatoms. The first kappa shape index (κ1) is 12.3. The Balaban J connectivity index is 2.27. The Bertz CT molecular complexity index is 592. The largest absolute Gasteiger partial charge is 0.495 e. The Kier molecular flexibility index (Phi) is 3.75. The van der Waals surface area contributed by atoms with E-state index in [0.29, 0.717) is 11.6 Å². The maximum absolute atomic E-state index is 8.64. The minimum absolute atomic E-state index is 0.279. The molecule has 1 heterocycles. The van der Waals surface area contributed by atoms with Crippen molar-refractivity contribution in [3.8, 4) is 11.8 Å². The van der Waals surface area contributed by atoms with Crippen molar-refractivity contribution in [2.45, 2.75) is 0 Å². The number of nitriles is 1. The summed E-state index contributed by atoms with van der Waals surface area (Å²) in [6.45, 7) is 0. The van der Waals surface area contributed by atoms with Gasteiger partial charge in [-0.15, -0.1) is 0 Å². The highest BCUT2D eigenvalue weighted by Gasteiger charge is 2.05. The second-order valence-corrected chi connectivity index (χ2v) is 4.28. The van der Waals surface area contributed by atoms with E-state index in [1.54, 1.807) is 7.11 Å². The van der Waals surface area contributed by atoms with Crippen molar-refractivity contribution in [3.05, 3.63) is 40.8 Å². The standard InChI is InChI=1S/C12H9BrN4O/c1-18-11-3-2-8(13)4-10(11)17-12-7-15-9(5-14)6-16-12/h2-4,6-7H,1H3,(H,16,17). The van der Waals surface area contributed by atoms with Crippen molar-refractivity contribution in [3.63, 3.8) is 0 Å². The lowest BCUT2D eigenvalue weighted by atomic mass is 10.3. The second kappa shape index (κ2) is 5.47. The SMILES string of the molecule is COc1ccc(Br)cc1Nc1cnc(C#N)cn1. The smallest absolute Gasteiger partial charge is 0.158 e. The van der Waals surface area contributed by atoms with Crippen molar-refractivity contribution in [1.29, 1.82) is 5.26 Å². The highest BCUT2D eigenvalue weighted by atomic mass is 79.9. The lowest BCUT2D eigenvalue weighted by molar-refractivity contribution is 0.416. The van der Waals surface area contributed by atoms with Gasteiger partial charge in [0.25, 0.3) is 0 Å². The zero-order valence-electron chi connectivity index (χ0n) is 9.51. The molecule has 1 aromatic heterocycles. The van der Waals surface area contributed by atoms with Gasteiger partial charge >= 0.3 is 0 Å². The molecule has 0 amide bonds. The van der Waals surface area contributed by atoms with Gasteiger partial charge in [-0.05, 0) is 18.2 Å². The van der Waals surface area contributed by atoms with E-state index in [1.807, 2.05) is 24.3 Å². The monoisotopic (exact) mass is 304 g/mol. The Labute approximate surface area is 113 Å². The summed E-state index contributed by atoms with van der Waals surface area (Å²) in [6, 6.07) is 7.51. The summed E-state index contributed by atoms with van der Waals surface area (Å²) in [5, 5.41) is 11.7. The lowest BCUT2D eigenvalue weighted by Gasteiger charge is -2.10. The van der Waals surface area contributed by atoms with E-state index in [2.05, 4.69) is 31.2 Å². The molecule has 2 rings (SSSR count). The Hall–Kier alpha value is -2.13. The molecule has 0 radical (unpaired) electrons. The van der Waals surface area contributed by atoms with Crippen molar-refractivity contribution >= 4 is 27.4 Å². The van der Waals surface area contributed by atoms with Crippen molar-refractivity contribution in [2.75, 3.05) is 12.4 Å². The molecule has 0 bridgehead atoms. The molecule has 0 aliphatic rings. The minimum Gasteiger partial charge on any atom is -0.495 e. The van der Waals surface area contributed by atoms with Crippen LogP contribution in [0.5, 0.6) is 5.75 Å². The highest BCUT2D eigenvalue weighted by molar-refractivity contribution is 9.10. The number of halogens is 1. The van der Waals surface area contributed by atoms with Crippen LogP contribution in [0.25, 0.3) is 0 Å². The molecule has 1 N–H and O–H groups in total. The molecule has 0 atom stereocenters. The number of benzene rings is 1. The maximum Gasteiger partial charge on any atom is 0.158 e. The molecule has 2 aromatic rings. The fraction of sp³-hybridized carbons (Fsp3) is 0.0833. The fourth-order valence-electron chi connectivity index (χ4n) is 1.37. The van der Waals surface area contributed by atoms with Crippen LogP contribution in [0.1, 0.15) is 5.69 Å². The Morgan fingerprint density at radius 2 is 2.17 bits per heavy atom. The molecule has 0 saturated heterocycles. The first-order chi connectivity index (χ1) is 8.72. The van der Waals surface area contributed by atoms with E-state index in [-0.39, 0.29) is 5.69 Å². The average Bonchev–Trinajstić information content (AvgIpc) is 2.40. The van der Waals surface area contributed by atoms with Gasteiger partial charge < -0.3 is 10.1 Å². The maximum atomic E-state index is 8.64. The third kappa shape index (κ3) is 2.76. The molecule has 0 aliphatic heterocycles. The second-order valence-electron chi connectivity index (χ2n) is 3.37. The molecule has 0 aliphatic carbocycles. The van der Waals surface area contributed by atoms with Crippen LogP contribution in [0.15, 0.2) is 35.1 Å². The number of aromatic nitrogens is 2. The van der Waals surface area contributed by atoms with Crippen molar-refractivity contribution < 1.29 is 4.74 Å². The van der Waals surface area contributed by atoms with E-state index < -0.39 is 0 Å². The Morgan fingerprint density at radius 3 is 2.78 bits per heavy atom. The van der Waals surface area contributed by atoms with Gasteiger partial charge in [0, 0.05) is 4.47 Å². The number of hydrogen-bond donors (Lipinski definition) is 1. The lowest BCUT2D eigenvalue weighted by Crippen LogP contribution is -1.98. The van der Waals surface area contributed by atoms with E-state index >= 15 is 0 Å². The number of nitrogens with zero attached hydrogens (tertiary/aromatic N) is 3.